The highest BCUT2D eigenvalue weighted by Gasteiger charge is 2.63. The number of carbonyl (C=O) groups excluding carboxylic acids is 1. The van der Waals surface area contributed by atoms with Crippen LogP contribution in [0.5, 0.6) is 0 Å². The summed E-state index contributed by atoms with van der Waals surface area (Å²) in [6, 6.07) is 2.70. The van der Waals surface area contributed by atoms with Crippen LogP contribution in [-0.2, 0) is 4.79 Å². The molecule has 2 bridgehead atoms. The first-order valence-corrected chi connectivity index (χ1v) is 4.94. The predicted molar refractivity (Wildman–Crippen MR) is 45.3 cm³/mol. The minimum atomic E-state index is -0.00116. The molecule has 0 aromatic carbocycles. The first kappa shape index (κ1) is 7.37. The Morgan fingerprint density at radius 1 is 1.54 bits per heavy atom. The molecule has 1 saturated heterocycles. The van der Waals surface area contributed by atoms with E-state index in [1.54, 1.807) is 0 Å². The fourth-order valence-corrected chi connectivity index (χ4v) is 3.74. The van der Waals surface area contributed by atoms with Gasteiger partial charge < -0.3 is 5.32 Å². The number of hydrogen-bond donors (Lipinski definition) is 1. The molecule has 6 unspecified atom stereocenters. The van der Waals surface area contributed by atoms with E-state index in [0.29, 0.717) is 23.8 Å². The van der Waals surface area contributed by atoms with Crippen LogP contribution in [0.2, 0.25) is 0 Å². The molecule has 1 N–H and O–H groups in total. The Morgan fingerprint density at radius 2 is 2.31 bits per heavy atom. The van der Waals surface area contributed by atoms with E-state index in [2.05, 4.69) is 18.3 Å². The summed E-state index contributed by atoms with van der Waals surface area (Å²) < 4.78 is 0. The quantitative estimate of drug-likeness (QED) is 0.585. The number of hydrogen-bond acceptors (Lipinski definition) is 2. The van der Waals surface area contributed by atoms with Crippen LogP contribution in [-0.4, -0.2) is 11.9 Å². The van der Waals surface area contributed by atoms with Gasteiger partial charge in [0.25, 0.3) is 0 Å². The Kier molecular flexibility index (Phi) is 1.17. The molecule has 3 aliphatic rings. The van der Waals surface area contributed by atoms with Crippen LogP contribution in [0.15, 0.2) is 0 Å². The Hall–Kier alpha value is -1.04. The number of nitriles is 1. The van der Waals surface area contributed by atoms with E-state index in [1.165, 1.54) is 0 Å². The van der Waals surface area contributed by atoms with Crippen LogP contribution in [0.4, 0.5) is 0 Å². The van der Waals surface area contributed by atoms with E-state index in [1.807, 2.05) is 0 Å². The van der Waals surface area contributed by atoms with Crippen LogP contribution in [0, 0.1) is 40.9 Å². The fourth-order valence-electron chi connectivity index (χ4n) is 3.74. The summed E-state index contributed by atoms with van der Waals surface area (Å²) in [7, 11) is 0. The average molecular weight is 176 g/mol. The van der Waals surface area contributed by atoms with Crippen molar-refractivity contribution in [1.82, 2.24) is 5.32 Å². The van der Waals surface area contributed by atoms with Gasteiger partial charge in [0, 0.05) is 6.04 Å². The second-order valence-electron chi connectivity index (χ2n) is 4.64. The standard InChI is InChI=1S/C10H12N2O/c1-4-5-2-6-8(7(5)3-11)10(13)12-9(4)6/h4-9H,2H2,1H3,(H,12,13). The largest absolute Gasteiger partial charge is 0.352 e. The summed E-state index contributed by atoms with van der Waals surface area (Å²) in [4.78, 5) is 11.5. The van der Waals surface area contributed by atoms with Crippen molar-refractivity contribution < 1.29 is 4.79 Å². The molecule has 3 rings (SSSR count). The molecule has 0 aromatic rings. The minimum absolute atomic E-state index is 0.00116. The molecular weight excluding hydrogens is 164 g/mol. The van der Waals surface area contributed by atoms with Gasteiger partial charge >= 0.3 is 0 Å². The first-order chi connectivity index (χ1) is 6.24. The van der Waals surface area contributed by atoms with Crippen molar-refractivity contribution >= 4 is 5.91 Å². The summed E-state index contributed by atoms with van der Waals surface area (Å²) in [5, 5.41) is 12.0. The van der Waals surface area contributed by atoms with Gasteiger partial charge in [-0.05, 0) is 24.2 Å². The molecule has 1 heterocycles. The van der Waals surface area contributed by atoms with Crippen LogP contribution >= 0.6 is 0 Å². The highest BCUT2D eigenvalue weighted by molar-refractivity contribution is 5.84. The van der Waals surface area contributed by atoms with Crippen LogP contribution in [0.3, 0.4) is 0 Å². The van der Waals surface area contributed by atoms with Crippen LogP contribution < -0.4 is 5.32 Å². The zero-order chi connectivity index (χ0) is 9.16. The molecule has 1 amide bonds. The monoisotopic (exact) mass is 176 g/mol. The molecule has 0 spiro atoms. The lowest BCUT2D eigenvalue weighted by molar-refractivity contribution is -0.123. The molecule has 1 aliphatic heterocycles. The van der Waals surface area contributed by atoms with Gasteiger partial charge in [-0.1, -0.05) is 6.92 Å². The van der Waals surface area contributed by atoms with E-state index in [-0.39, 0.29) is 17.7 Å². The Bertz CT molecular complexity index is 319. The summed E-state index contributed by atoms with van der Waals surface area (Å²) in [6.07, 6.45) is 1.09. The van der Waals surface area contributed by atoms with Crippen molar-refractivity contribution in [1.29, 1.82) is 5.26 Å². The van der Waals surface area contributed by atoms with Crippen molar-refractivity contribution in [3.05, 3.63) is 0 Å². The first-order valence-electron chi connectivity index (χ1n) is 4.94. The van der Waals surface area contributed by atoms with Gasteiger partial charge in [-0.25, -0.2) is 0 Å². The van der Waals surface area contributed by atoms with E-state index in [9.17, 15) is 4.79 Å². The number of nitrogens with zero attached hydrogens (tertiary/aromatic N) is 1. The van der Waals surface area contributed by atoms with Gasteiger partial charge in [0.05, 0.1) is 17.9 Å². The van der Waals surface area contributed by atoms with Crippen molar-refractivity contribution in [2.45, 2.75) is 19.4 Å². The molecule has 0 aromatic heterocycles. The van der Waals surface area contributed by atoms with E-state index in [4.69, 9.17) is 5.26 Å². The molecule has 13 heavy (non-hydrogen) atoms. The van der Waals surface area contributed by atoms with Crippen molar-refractivity contribution in [3.8, 4) is 6.07 Å². The third-order valence-electron chi connectivity index (χ3n) is 4.32. The van der Waals surface area contributed by atoms with Gasteiger partial charge in [-0.15, -0.1) is 0 Å². The van der Waals surface area contributed by atoms with E-state index >= 15 is 0 Å². The summed E-state index contributed by atoms with van der Waals surface area (Å²) >= 11 is 0. The smallest absolute Gasteiger partial charge is 0.225 e. The Labute approximate surface area is 77.1 Å². The maximum absolute atomic E-state index is 11.5. The number of fused-ring (bicyclic) bond motifs is 1. The Morgan fingerprint density at radius 3 is 3.00 bits per heavy atom. The molecule has 3 nitrogen and oxygen atoms in total. The van der Waals surface area contributed by atoms with Gasteiger partial charge in [-0.3, -0.25) is 4.79 Å². The van der Waals surface area contributed by atoms with Crippen molar-refractivity contribution in [2.24, 2.45) is 29.6 Å². The number of rotatable bonds is 0. The van der Waals surface area contributed by atoms with Gasteiger partial charge in [0.2, 0.25) is 5.91 Å². The molecule has 0 radical (unpaired) electrons. The molecule has 2 aliphatic carbocycles. The SMILES string of the molecule is CC1C2CC3C1NC(=O)C3C2C#N. The molecule has 3 fully saturated rings. The second kappa shape index (κ2) is 2.06. The second-order valence-corrected chi connectivity index (χ2v) is 4.64. The lowest BCUT2D eigenvalue weighted by Crippen LogP contribution is -2.34. The predicted octanol–water partition coefficient (Wildman–Crippen LogP) is 0.527. The fraction of sp³-hybridized carbons (Fsp3) is 0.800. The third-order valence-corrected chi connectivity index (χ3v) is 4.32. The summed E-state index contributed by atoms with van der Waals surface area (Å²) in [6.45, 7) is 2.17. The van der Waals surface area contributed by atoms with Crippen LogP contribution in [0.25, 0.3) is 0 Å². The molecule has 2 saturated carbocycles. The van der Waals surface area contributed by atoms with Crippen LogP contribution in [0.1, 0.15) is 13.3 Å². The van der Waals surface area contributed by atoms with Gasteiger partial charge in [0.1, 0.15) is 0 Å². The van der Waals surface area contributed by atoms with Crippen molar-refractivity contribution in [3.63, 3.8) is 0 Å². The third kappa shape index (κ3) is 0.644. The Balaban J connectivity index is 2.07. The minimum Gasteiger partial charge on any atom is -0.352 e. The lowest BCUT2D eigenvalue weighted by Gasteiger charge is -2.26. The van der Waals surface area contributed by atoms with Gasteiger partial charge in [-0.2, -0.15) is 5.26 Å². The highest BCUT2D eigenvalue weighted by Crippen LogP contribution is 2.57. The number of amides is 1. The zero-order valence-electron chi connectivity index (χ0n) is 7.53. The molecule has 68 valence electrons. The lowest BCUT2D eigenvalue weighted by atomic mass is 9.75. The highest BCUT2D eigenvalue weighted by atomic mass is 16.2. The normalized spacial score (nSPS) is 56.5. The maximum Gasteiger partial charge on any atom is 0.225 e. The number of nitrogens with one attached hydrogen (secondary N) is 1. The maximum atomic E-state index is 11.5. The molecule has 6 atom stereocenters. The topological polar surface area (TPSA) is 52.9 Å². The average Bonchev–Trinajstić information content (AvgIpc) is 2.68. The summed E-state index contributed by atoms with van der Waals surface area (Å²) in [5.41, 5.74) is 0. The molecule has 3 heteroatoms. The van der Waals surface area contributed by atoms with E-state index < -0.39 is 0 Å². The summed E-state index contributed by atoms with van der Waals surface area (Å²) in [5.74, 6) is 1.61. The van der Waals surface area contributed by atoms with Crippen molar-refractivity contribution in [2.75, 3.05) is 0 Å². The van der Waals surface area contributed by atoms with E-state index in [0.717, 1.165) is 6.42 Å². The molecular formula is C10H12N2O. The van der Waals surface area contributed by atoms with Gasteiger partial charge in [0.15, 0.2) is 0 Å². The number of carbonyl (C=O) groups is 1. The zero-order valence-corrected chi connectivity index (χ0v) is 7.53.